The lowest BCUT2D eigenvalue weighted by Gasteiger charge is -2.15. The van der Waals surface area contributed by atoms with Crippen molar-refractivity contribution >= 4 is 16.2 Å². The van der Waals surface area contributed by atoms with Gasteiger partial charge in [-0.05, 0) is 12.8 Å². The molecule has 0 aliphatic heterocycles. The summed E-state index contributed by atoms with van der Waals surface area (Å²) in [5.74, 6) is -0.477. The second kappa shape index (κ2) is 4.84. The Hall–Kier alpha value is -1.08. The Balaban J connectivity index is 2.35. The molecule has 1 fully saturated rings. The van der Waals surface area contributed by atoms with Gasteiger partial charge in [0, 0.05) is 12.0 Å². The van der Waals surface area contributed by atoms with Crippen LogP contribution >= 0.6 is 0 Å². The summed E-state index contributed by atoms with van der Waals surface area (Å²) in [6.07, 6.45) is 3.47. The third kappa shape index (κ3) is 4.63. The molecular weight excluding hydrogens is 234 g/mol. The van der Waals surface area contributed by atoms with Gasteiger partial charge in [0.05, 0.1) is 5.75 Å². The minimum absolute atomic E-state index is 0.0974. The third-order valence-corrected chi connectivity index (χ3v) is 2.74. The van der Waals surface area contributed by atoms with Crippen molar-refractivity contribution < 1.29 is 22.5 Å². The van der Waals surface area contributed by atoms with Gasteiger partial charge in [0.1, 0.15) is 6.61 Å². The number of rotatable bonds is 6. The molecule has 0 spiro atoms. The van der Waals surface area contributed by atoms with Gasteiger partial charge in [-0.25, -0.2) is 4.79 Å². The quantitative estimate of drug-likeness (QED) is 0.528. The highest BCUT2D eigenvalue weighted by atomic mass is 32.2. The predicted molar refractivity (Wildman–Crippen MR) is 57.4 cm³/mol. The van der Waals surface area contributed by atoms with E-state index in [0.717, 1.165) is 0 Å². The average Bonchev–Trinajstić information content (AvgIpc) is 2.92. The number of hydrogen-bond acceptors (Lipinski definition) is 4. The van der Waals surface area contributed by atoms with Gasteiger partial charge in [-0.3, -0.25) is 4.55 Å². The summed E-state index contributed by atoms with van der Waals surface area (Å²) >= 11 is 0. The summed E-state index contributed by atoms with van der Waals surface area (Å²) in [5.41, 5.74) is -0.645. The van der Waals surface area contributed by atoms with Crippen molar-refractivity contribution in [2.75, 3.05) is 12.4 Å². The normalized spacial score (nSPS) is 17.6. The van der Waals surface area contributed by atoms with Crippen LogP contribution < -0.4 is 5.32 Å². The fraction of sp³-hybridized carbons (Fsp3) is 0.556. The highest BCUT2D eigenvalue weighted by Crippen LogP contribution is 2.38. The van der Waals surface area contributed by atoms with Crippen LogP contribution in [-0.4, -0.2) is 37.0 Å². The number of carbonyl (C=O) groups is 1. The third-order valence-electron chi connectivity index (χ3n) is 2.16. The lowest BCUT2D eigenvalue weighted by Crippen LogP contribution is -2.39. The molecule has 1 radical (unpaired) electrons. The van der Waals surface area contributed by atoms with Crippen LogP contribution in [0, 0.1) is 6.42 Å². The van der Waals surface area contributed by atoms with Gasteiger partial charge in [-0.15, -0.1) is 0 Å². The minimum Gasteiger partial charge on any atom is -0.445 e. The molecule has 91 valence electrons. The Morgan fingerprint density at radius 2 is 2.19 bits per heavy atom. The first kappa shape index (κ1) is 13.0. The lowest BCUT2D eigenvalue weighted by atomic mass is 10.2. The molecule has 6 nitrogen and oxygen atoms in total. The SMILES string of the molecule is C=CCOC(=O)NC1([CH]CS(=O)(=O)O)CC1. The van der Waals surface area contributed by atoms with Crippen LogP contribution in [-0.2, 0) is 14.9 Å². The molecule has 2 N–H and O–H groups in total. The molecule has 0 heterocycles. The second-order valence-corrected chi connectivity index (χ2v) is 5.12. The zero-order valence-electron chi connectivity index (χ0n) is 8.68. The molecule has 1 rings (SSSR count). The van der Waals surface area contributed by atoms with E-state index >= 15 is 0 Å². The minimum atomic E-state index is -4.03. The van der Waals surface area contributed by atoms with E-state index in [9.17, 15) is 13.2 Å². The van der Waals surface area contributed by atoms with Crippen molar-refractivity contribution in [2.24, 2.45) is 0 Å². The van der Waals surface area contributed by atoms with Gasteiger partial charge >= 0.3 is 6.09 Å². The van der Waals surface area contributed by atoms with E-state index in [1.165, 1.54) is 12.5 Å². The van der Waals surface area contributed by atoms with Crippen molar-refractivity contribution in [2.45, 2.75) is 18.4 Å². The maximum atomic E-state index is 11.2. The Kier molecular flexibility index (Phi) is 3.93. The molecule has 1 aliphatic carbocycles. The van der Waals surface area contributed by atoms with Crippen LogP contribution in [0.15, 0.2) is 12.7 Å². The maximum absolute atomic E-state index is 11.2. The molecule has 0 aromatic heterocycles. The molecule has 7 heteroatoms. The van der Waals surface area contributed by atoms with Crippen molar-refractivity contribution in [1.29, 1.82) is 0 Å². The van der Waals surface area contributed by atoms with E-state index < -0.39 is 27.5 Å². The van der Waals surface area contributed by atoms with E-state index in [-0.39, 0.29) is 6.61 Å². The molecule has 0 aromatic carbocycles. The highest BCUT2D eigenvalue weighted by Gasteiger charge is 2.45. The smallest absolute Gasteiger partial charge is 0.407 e. The van der Waals surface area contributed by atoms with E-state index in [4.69, 9.17) is 9.29 Å². The average molecular weight is 248 g/mol. The molecular formula is C9H14NO5S. The molecule has 1 aliphatic rings. The summed E-state index contributed by atoms with van der Waals surface area (Å²) in [4.78, 5) is 11.2. The topological polar surface area (TPSA) is 92.7 Å². The Labute approximate surface area is 94.4 Å². The van der Waals surface area contributed by atoms with Crippen LogP contribution in [0.4, 0.5) is 4.79 Å². The number of nitrogens with one attached hydrogen (secondary N) is 1. The van der Waals surface area contributed by atoms with Crippen molar-refractivity contribution in [3.8, 4) is 0 Å². The van der Waals surface area contributed by atoms with Crippen LogP contribution in [0.1, 0.15) is 12.8 Å². The molecule has 0 saturated heterocycles. The molecule has 0 bridgehead atoms. The Morgan fingerprint density at radius 3 is 2.62 bits per heavy atom. The zero-order chi connectivity index (χ0) is 12.2. The van der Waals surface area contributed by atoms with E-state index in [1.807, 2.05) is 0 Å². The molecule has 0 unspecified atom stereocenters. The molecule has 0 atom stereocenters. The van der Waals surface area contributed by atoms with Gasteiger partial charge in [0.2, 0.25) is 0 Å². The van der Waals surface area contributed by atoms with Crippen molar-refractivity contribution in [3.63, 3.8) is 0 Å². The number of hydrogen-bond donors (Lipinski definition) is 2. The van der Waals surface area contributed by atoms with Gasteiger partial charge in [0.15, 0.2) is 0 Å². The van der Waals surface area contributed by atoms with Gasteiger partial charge in [-0.1, -0.05) is 12.7 Å². The summed E-state index contributed by atoms with van der Waals surface area (Å²) < 4.78 is 34.3. The Bertz CT molecular complexity index is 371. The van der Waals surface area contributed by atoms with E-state index in [2.05, 4.69) is 11.9 Å². The van der Waals surface area contributed by atoms with E-state index in [1.54, 1.807) is 0 Å². The standard InChI is InChI=1S/C9H14NO5S/c1-2-6-15-8(11)10-9(3-4-9)5-7-16(12,13)14/h2,5H,1,3-4,6-7H2,(H,10,11)(H,12,13,14). The number of carbonyl (C=O) groups excluding carboxylic acids is 1. The lowest BCUT2D eigenvalue weighted by molar-refractivity contribution is 0.154. The number of alkyl carbamates (subject to hydrolysis) is 1. The number of amides is 1. The summed E-state index contributed by atoms with van der Waals surface area (Å²) in [6.45, 7) is 3.49. The fourth-order valence-electron chi connectivity index (χ4n) is 1.15. The second-order valence-electron chi connectivity index (χ2n) is 3.62. The van der Waals surface area contributed by atoms with Gasteiger partial charge in [0.25, 0.3) is 10.1 Å². The first-order valence-corrected chi connectivity index (χ1v) is 6.33. The van der Waals surface area contributed by atoms with Crippen LogP contribution in [0.2, 0.25) is 0 Å². The molecule has 1 amide bonds. The molecule has 1 saturated carbocycles. The van der Waals surface area contributed by atoms with Crippen molar-refractivity contribution in [1.82, 2.24) is 5.32 Å². The summed E-state index contributed by atoms with van der Waals surface area (Å²) in [7, 11) is -4.03. The van der Waals surface area contributed by atoms with Crippen LogP contribution in [0.3, 0.4) is 0 Å². The van der Waals surface area contributed by atoms with E-state index in [0.29, 0.717) is 12.8 Å². The maximum Gasteiger partial charge on any atom is 0.407 e. The zero-order valence-corrected chi connectivity index (χ0v) is 9.50. The van der Waals surface area contributed by atoms with Gasteiger partial charge < -0.3 is 10.1 Å². The highest BCUT2D eigenvalue weighted by molar-refractivity contribution is 7.85. The predicted octanol–water partition coefficient (Wildman–Crippen LogP) is 0.523. The van der Waals surface area contributed by atoms with Gasteiger partial charge in [-0.2, -0.15) is 8.42 Å². The van der Waals surface area contributed by atoms with Crippen LogP contribution in [0.5, 0.6) is 0 Å². The van der Waals surface area contributed by atoms with Crippen molar-refractivity contribution in [3.05, 3.63) is 19.1 Å². The molecule has 0 aromatic rings. The monoisotopic (exact) mass is 248 g/mol. The van der Waals surface area contributed by atoms with Crippen LogP contribution in [0.25, 0.3) is 0 Å². The first-order valence-electron chi connectivity index (χ1n) is 4.72. The first-order chi connectivity index (χ1) is 7.37. The summed E-state index contributed by atoms with van der Waals surface area (Å²) in [6, 6.07) is 0. The Morgan fingerprint density at radius 1 is 1.56 bits per heavy atom. The molecule has 16 heavy (non-hydrogen) atoms. The summed E-state index contributed by atoms with van der Waals surface area (Å²) in [5, 5.41) is 2.53. The number of ether oxygens (including phenoxy) is 1. The largest absolute Gasteiger partial charge is 0.445 e. The fourth-order valence-corrected chi connectivity index (χ4v) is 1.68.